The second-order valence-electron chi connectivity index (χ2n) is 6.46. The number of hydrogen-bond acceptors (Lipinski definition) is 4. The third-order valence-corrected chi connectivity index (χ3v) is 4.54. The smallest absolute Gasteiger partial charge is 0.418 e. The number of nitrogens with zero attached hydrogens (tertiary/aromatic N) is 1. The van der Waals surface area contributed by atoms with Gasteiger partial charge in [-0.05, 0) is 49.4 Å². The van der Waals surface area contributed by atoms with E-state index in [9.17, 15) is 18.0 Å². The summed E-state index contributed by atoms with van der Waals surface area (Å²) in [7, 11) is 1.54. The highest BCUT2D eigenvalue weighted by Crippen LogP contribution is 2.36. The van der Waals surface area contributed by atoms with Gasteiger partial charge in [-0.3, -0.25) is 9.69 Å². The average molecular weight is 445 g/mol. The number of likely N-dealkylation sites (N-methyl/N-ethyl adjacent to an activating group) is 1. The van der Waals surface area contributed by atoms with E-state index in [1.807, 2.05) is 26.0 Å². The highest BCUT2D eigenvalue weighted by Gasteiger charge is 2.34. The maximum Gasteiger partial charge on any atom is 0.418 e. The van der Waals surface area contributed by atoms with E-state index >= 15 is 0 Å². The van der Waals surface area contributed by atoms with Gasteiger partial charge in [0.1, 0.15) is 0 Å². The minimum Gasteiger partial charge on any atom is -0.493 e. The molecule has 0 unspecified atom stereocenters. The molecule has 164 valence electrons. The van der Waals surface area contributed by atoms with E-state index < -0.39 is 17.6 Å². The number of carbonyl (C=O) groups is 1. The minimum absolute atomic E-state index is 0.0556. The molecule has 2 aromatic carbocycles. The number of alkyl halides is 3. The Kier molecular flexibility index (Phi) is 8.37. The third-order valence-electron chi connectivity index (χ3n) is 4.31. The molecule has 0 aromatic heterocycles. The van der Waals surface area contributed by atoms with Crippen LogP contribution in [0, 0.1) is 0 Å². The number of amides is 1. The monoisotopic (exact) mass is 444 g/mol. The molecule has 9 heteroatoms. The standard InChI is InChI=1S/C21H24ClF3N2O3/c1-4-27(12-14-6-9-18(30-5-2)19(10-14)29-3)13-20(28)26-17-8-7-15(22)11-16(17)21(23,24)25/h6-11H,4-5,12-13H2,1-3H3,(H,26,28). The van der Waals surface area contributed by atoms with Gasteiger partial charge in [-0.15, -0.1) is 0 Å². The van der Waals surface area contributed by atoms with Gasteiger partial charge in [-0.25, -0.2) is 0 Å². The molecule has 30 heavy (non-hydrogen) atoms. The molecule has 0 aliphatic heterocycles. The minimum atomic E-state index is -4.63. The molecule has 0 bridgehead atoms. The molecule has 0 aliphatic carbocycles. The lowest BCUT2D eigenvalue weighted by molar-refractivity contribution is -0.137. The number of methoxy groups -OCH3 is 1. The topological polar surface area (TPSA) is 50.8 Å². The number of rotatable bonds is 9. The van der Waals surface area contributed by atoms with E-state index in [2.05, 4.69) is 5.32 Å². The molecule has 1 N–H and O–H groups in total. The average Bonchev–Trinajstić information content (AvgIpc) is 2.69. The molecule has 0 spiro atoms. The molecule has 0 aliphatic rings. The Morgan fingerprint density at radius 1 is 1.13 bits per heavy atom. The van der Waals surface area contributed by atoms with Crippen LogP contribution in [0.25, 0.3) is 0 Å². The Labute approximate surface area is 178 Å². The summed E-state index contributed by atoms with van der Waals surface area (Å²) in [6.07, 6.45) is -4.63. The highest BCUT2D eigenvalue weighted by molar-refractivity contribution is 6.30. The molecule has 1 amide bonds. The number of carbonyl (C=O) groups excluding carboxylic acids is 1. The molecular weight excluding hydrogens is 421 g/mol. The number of anilines is 1. The van der Waals surface area contributed by atoms with Crippen molar-refractivity contribution in [3.8, 4) is 11.5 Å². The van der Waals surface area contributed by atoms with Gasteiger partial charge in [-0.2, -0.15) is 13.2 Å². The van der Waals surface area contributed by atoms with Crippen LogP contribution in [0.4, 0.5) is 18.9 Å². The number of benzene rings is 2. The van der Waals surface area contributed by atoms with Crippen molar-refractivity contribution in [1.29, 1.82) is 0 Å². The Hall–Kier alpha value is -2.45. The number of ether oxygens (including phenoxy) is 2. The summed E-state index contributed by atoms with van der Waals surface area (Å²) in [5.41, 5.74) is -0.425. The Morgan fingerprint density at radius 2 is 1.87 bits per heavy atom. The van der Waals surface area contributed by atoms with Crippen LogP contribution < -0.4 is 14.8 Å². The molecule has 0 radical (unpaired) electrons. The number of halogens is 4. The van der Waals surface area contributed by atoms with Crippen LogP contribution in [-0.2, 0) is 17.5 Å². The molecular formula is C21H24ClF3N2O3. The van der Waals surface area contributed by atoms with Crippen molar-refractivity contribution < 1.29 is 27.4 Å². The van der Waals surface area contributed by atoms with E-state index in [4.69, 9.17) is 21.1 Å². The van der Waals surface area contributed by atoms with Gasteiger partial charge in [0, 0.05) is 11.6 Å². The van der Waals surface area contributed by atoms with Crippen molar-refractivity contribution in [2.45, 2.75) is 26.6 Å². The zero-order chi connectivity index (χ0) is 22.3. The van der Waals surface area contributed by atoms with Crippen molar-refractivity contribution in [3.05, 3.63) is 52.5 Å². The van der Waals surface area contributed by atoms with Gasteiger partial charge in [0.25, 0.3) is 0 Å². The summed E-state index contributed by atoms with van der Waals surface area (Å²) in [5, 5.41) is 2.28. The Morgan fingerprint density at radius 3 is 2.47 bits per heavy atom. The summed E-state index contributed by atoms with van der Waals surface area (Å²) in [6, 6.07) is 8.70. The van der Waals surface area contributed by atoms with Gasteiger partial charge < -0.3 is 14.8 Å². The molecule has 5 nitrogen and oxygen atoms in total. The lowest BCUT2D eigenvalue weighted by Crippen LogP contribution is -2.33. The van der Waals surface area contributed by atoms with Gasteiger partial charge in [0.2, 0.25) is 5.91 Å². The van der Waals surface area contributed by atoms with Gasteiger partial charge in [0.05, 0.1) is 31.5 Å². The molecule has 2 aromatic rings. The molecule has 2 rings (SSSR count). The molecule has 0 saturated heterocycles. The molecule has 0 saturated carbocycles. The first-order valence-corrected chi connectivity index (χ1v) is 9.74. The second-order valence-corrected chi connectivity index (χ2v) is 6.89. The van der Waals surface area contributed by atoms with Crippen LogP contribution in [0.3, 0.4) is 0 Å². The fourth-order valence-corrected chi connectivity index (χ4v) is 3.05. The fourth-order valence-electron chi connectivity index (χ4n) is 2.88. The Bertz CT molecular complexity index is 875. The van der Waals surface area contributed by atoms with Gasteiger partial charge in [0.15, 0.2) is 11.5 Å². The summed E-state index contributed by atoms with van der Waals surface area (Å²) in [5.74, 6) is 0.639. The number of nitrogens with one attached hydrogen (secondary N) is 1. The van der Waals surface area contributed by atoms with Crippen LogP contribution in [0.5, 0.6) is 11.5 Å². The van der Waals surface area contributed by atoms with Crippen molar-refractivity contribution in [2.75, 3.05) is 32.1 Å². The molecule has 0 atom stereocenters. The first kappa shape index (κ1) is 23.8. The molecule has 0 heterocycles. The largest absolute Gasteiger partial charge is 0.493 e. The maximum absolute atomic E-state index is 13.2. The maximum atomic E-state index is 13.2. The van der Waals surface area contributed by atoms with Gasteiger partial charge in [-0.1, -0.05) is 24.6 Å². The van der Waals surface area contributed by atoms with E-state index in [-0.39, 0.29) is 17.3 Å². The van der Waals surface area contributed by atoms with Crippen molar-refractivity contribution in [2.24, 2.45) is 0 Å². The third kappa shape index (κ3) is 6.53. The van der Waals surface area contributed by atoms with E-state index in [0.29, 0.717) is 31.2 Å². The van der Waals surface area contributed by atoms with Crippen molar-refractivity contribution in [1.82, 2.24) is 4.90 Å². The first-order chi connectivity index (χ1) is 14.2. The summed E-state index contributed by atoms with van der Waals surface area (Å²) >= 11 is 5.67. The predicted octanol–water partition coefficient (Wildman–Crippen LogP) is 5.23. The lowest BCUT2D eigenvalue weighted by atomic mass is 10.1. The van der Waals surface area contributed by atoms with Crippen molar-refractivity contribution in [3.63, 3.8) is 0 Å². The quantitative estimate of drug-likeness (QED) is 0.575. The van der Waals surface area contributed by atoms with Crippen LogP contribution in [-0.4, -0.2) is 37.6 Å². The molecule has 0 fully saturated rings. The lowest BCUT2D eigenvalue weighted by Gasteiger charge is -2.21. The van der Waals surface area contributed by atoms with Crippen LogP contribution in [0.2, 0.25) is 5.02 Å². The normalized spacial score (nSPS) is 11.5. The Balaban J connectivity index is 2.09. The highest BCUT2D eigenvalue weighted by atomic mass is 35.5. The van der Waals surface area contributed by atoms with Crippen LogP contribution in [0.1, 0.15) is 25.0 Å². The van der Waals surface area contributed by atoms with E-state index in [0.717, 1.165) is 17.7 Å². The van der Waals surface area contributed by atoms with Crippen LogP contribution >= 0.6 is 11.6 Å². The number of hydrogen-bond donors (Lipinski definition) is 1. The predicted molar refractivity (Wildman–Crippen MR) is 110 cm³/mol. The van der Waals surface area contributed by atoms with E-state index in [1.165, 1.54) is 13.2 Å². The fraction of sp³-hybridized carbons (Fsp3) is 0.381. The summed E-state index contributed by atoms with van der Waals surface area (Å²) < 4.78 is 50.5. The van der Waals surface area contributed by atoms with E-state index in [1.54, 1.807) is 11.0 Å². The first-order valence-electron chi connectivity index (χ1n) is 9.36. The van der Waals surface area contributed by atoms with Crippen molar-refractivity contribution >= 4 is 23.2 Å². The summed E-state index contributed by atoms with van der Waals surface area (Å²) in [4.78, 5) is 14.2. The zero-order valence-electron chi connectivity index (χ0n) is 17.0. The van der Waals surface area contributed by atoms with Crippen LogP contribution in [0.15, 0.2) is 36.4 Å². The second kappa shape index (κ2) is 10.5. The summed E-state index contributed by atoms with van der Waals surface area (Å²) in [6.45, 7) is 5.10. The van der Waals surface area contributed by atoms with Gasteiger partial charge >= 0.3 is 6.18 Å². The SMILES string of the molecule is CCOc1ccc(CN(CC)CC(=O)Nc2ccc(Cl)cc2C(F)(F)F)cc1OC. The zero-order valence-corrected chi connectivity index (χ0v) is 17.7.